The van der Waals surface area contributed by atoms with Gasteiger partial charge >= 0.3 is 0 Å². The van der Waals surface area contributed by atoms with Gasteiger partial charge in [-0.2, -0.15) is 0 Å². The number of amides is 1. The van der Waals surface area contributed by atoms with Gasteiger partial charge in [-0.3, -0.25) is 9.69 Å². The number of aryl methyl sites for hydroxylation is 1. The van der Waals surface area contributed by atoms with E-state index in [9.17, 15) is 4.79 Å². The van der Waals surface area contributed by atoms with Gasteiger partial charge in [0.15, 0.2) is 0 Å². The fourth-order valence-electron chi connectivity index (χ4n) is 4.83. The first-order valence-corrected chi connectivity index (χ1v) is 11.6. The Bertz CT molecular complexity index is 875. The lowest BCUT2D eigenvalue weighted by molar-refractivity contribution is -0.121. The number of likely N-dealkylation sites (tertiary alicyclic amines) is 1. The predicted molar refractivity (Wildman–Crippen MR) is 126 cm³/mol. The number of carbonyl (C=O) groups is 1. The van der Waals surface area contributed by atoms with Crippen molar-refractivity contribution in [1.29, 1.82) is 0 Å². The molecule has 0 aliphatic carbocycles. The number of benzene rings is 2. The Morgan fingerprint density at radius 3 is 2.58 bits per heavy atom. The zero-order valence-corrected chi connectivity index (χ0v) is 18.9. The minimum absolute atomic E-state index is 0.124. The van der Waals surface area contributed by atoms with Gasteiger partial charge in [0, 0.05) is 32.2 Å². The third-order valence-corrected chi connectivity index (χ3v) is 6.74. The molecule has 2 aliphatic heterocycles. The molecule has 0 radical (unpaired) electrons. The highest BCUT2D eigenvalue weighted by molar-refractivity contribution is 5.76. The van der Waals surface area contributed by atoms with Crippen LogP contribution in [0.15, 0.2) is 42.5 Å². The van der Waals surface area contributed by atoms with Crippen molar-refractivity contribution in [3.63, 3.8) is 0 Å². The average molecular weight is 422 g/mol. The summed E-state index contributed by atoms with van der Waals surface area (Å²) in [4.78, 5) is 17.5. The smallest absolute Gasteiger partial charge is 0.220 e. The number of anilines is 1. The van der Waals surface area contributed by atoms with Gasteiger partial charge in [-0.15, -0.1) is 0 Å². The molecule has 0 saturated carbocycles. The first-order chi connectivity index (χ1) is 15.1. The molecule has 1 saturated heterocycles. The summed E-state index contributed by atoms with van der Waals surface area (Å²) in [5.74, 6) is 0.969. The van der Waals surface area contributed by atoms with Crippen molar-refractivity contribution in [2.45, 2.75) is 44.6 Å². The molecule has 1 fully saturated rings. The van der Waals surface area contributed by atoms with Crippen molar-refractivity contribution in [1.82, 2.24) is 10.2 Å². The Morgan fingerprint density at radius 1 is 1.06 bits per heavy atom. The molecule has 2 heterocycles. The molecule has 0 bridgehead atoms. The number of nitrogens with one attached hydrogen (secondary N) is 1. The summed E-state index contributed by atoms with van der Waals surface area (Å²) >= 11 is 0. The van der Waals surface area contributed by atoms with Crippen molar-refractivity contribution in [3.8, 4) is 5.75 Å². The minimum atomic E-state index is 0.124. The molecule has 31 heavy (non-hydrogen) atoms. The molecule has 2 aliphatic rings. The van der Waals surface area contributed by atoms with Crippen molar-refractivity contribution in [2.75, 3.05) is 45.2 Å². The highest BCUT2D eigenvalue weighted by atomic mass is 16.5. The largest absolute Gasteiger partial charge is 0.497 e. The number of piperidine rings is 1. The normalized spacial score (nSPS) is 17.3. The van der Waals surface area contributed by atoms with E-state index in [1.165, 1.54) is 36.1 Å². The molecule has 1 N–H and O–H groups in total. The molecule has 5 heteroatoms. The van der Waals surface area contributed by atoms with Crippen molar-refractivity contribution >= 4 is 11.6 Å². The Morgan fingerprint density at radius 2 is 1.84 bits per heavy atom. The zero-order valence-electron chi connectivity index (χ0n) is 18.9. The molecule has 1 amide bonds. The summed E-state index contributed by atoms with van der Waals surface area (Å²) in [7, 11) is 3.83. The van der Waals surface area contributed by atoms with E-state index in [1.807, 2.05) is 24.3 Å². The molecule has 0 aromatic heterocycles. The van der Waals surface area contributed by atoms with Crippen LogP contribution in [0.3, 0.4) is 0 Å². The molecule has 0 unspecified atom stereocenters. The van der Waals surface area contributed by atoms with Gasteiger partial charge in [-0.1, -0.05) is 30.7 Å². The fourth-order valence-corrected chi connectivity index (χ4v) is 4.83. The monoisotopic (exact) mass is 421 g/mol. The van der Waals surface area contributed by atoms with Crippen LogP contribution in [0.25, 0.3) is 0 Å². The summed E-state index contributed by atoms with van der Waals surface area (Å²) in [6, 6.07) is 15.1. The van der Waals surface area contributed by atoms with Crippen LogP contribution in [-0.2, 0) is 17.6 Å². The van der Waals surface area contributed by atoms with Gasteiger partial charge in [-0.05, 0) is 73.7 Å². The number of likely N-dealkylation sites (N-methyl/N-ethyl adjacent to an activating group) is 1. The van der Waals surface area contributed by atoms with E-state index in [0.29, 0.717) is 13.0 Å². The van der Waals surface area contributed by atoms with Gasteiger partial charge in [0.1, 0.15) is 5.75 Å². The SMILES string of the molecule is COc1ccc(CCC(=O)NC[C@H](c2ccc3c(c2)CCN3C)N2CCCCC2)cc1. The van der Waals surface area contributed by atoms with Crippen LogP contribution in [0, 0.1) is 0 Å². The lowest BCUT2D eigenvalue weighted by Gasteiger charge is -2.35. The second-order valence-electron chi connectivity index (χ2n) is 8.82. The van der Waals surface area contributed by atoms with Gasteiger partial charge in [0.05, 0.1) is 13.2 Å². The lowest BCUT2D eigenvalue weighted by atomic mass is 9.98. The average Bonchev–Trinajstić information content (AvgIpc) is 3.19. The summed E-state index contributed by atoms with van der Waals surface area (Å²) < 4.78 is 5.21. The topological polar surface area (TPSA) is 44.8 Å². The summed E-state index contributed by atoms with van der Waals surface area (Å²) in [5, 5.41) is 3.23. The Labute approximate surface area is 186 Å². The van der Waals surface area contributed by atoms with E-state index in [0.717, 1.165) is 43.8 Å². The maximum atomic E-state index is 12.6. The van der Waals surface area contributed by atoms with Crippen LogP contribution < -0.4 is 15.0 Å². The van der Waals surface area contributed by atoms with Gasteiger partial charge in [0.25, 0.3) is 0 Å². The Kier molecular flexibility index (Phi) is 7.13. The maximum Gasteiger partial charge on any atom is 0.220 e. The lowest BCUT2D eigenvalue weighted by Crippen LogP contribution is -2.40. The quantitative estimate of drug-likeness (QED) is 0.701. The Hall–Kier alpha value is -2.53. The predicted octanol–water partition coefficient (Wildman–Crippen LogP) is 3.96. The molecule has 4 rings (SSSR count). The zero-order chi connectivity index (χ0) is 21.6. The summed E-state index contributed by atoms with van der Waals surface area (Å²) in [5.41, 5.74) is 5.29. The van der Waals surface area contributed by atoms with Gasteiger partial charge < -0.3 is 15.0 Å². The standard InChI is InChI=1S/C26H35N3O2/c1-28-17-14-22-18-21(9-12-24(22)28)25(29-15-4-3-5-16-29)19-27-26(30)13-8-20-6-10-23(31-2)11-7-20/h6-7,9-12,18,25H,3-5,8,13-17,19H2,1-2H3,(H,27,30)/t25-/m1/s1. The van der Waals surface area contributed by atoms with E-state index in [1.54, 1.807) is 7.11 Å². The third kappa shape index (κ3) is 5.40. The third-order valence-electron chi connectivity index (χ3n) is 6.74. The summed E-state index contributed by atoms with van der Waals surface area (Å²) in [6.07, 6.45) is 6.17. The molecule has 1 atom stereocenters. The Balaban J connectivity index is 1.38. The molecular weight excluding hydrogens is 386 g/mol. The van der Waals surface area contributed by atoms with E-state index in [2.05, 4.69) is 40.4 Å². The number of rotatable bonds is 8. The highest BCUT2D eigenvalue weighted by Gasteiger charge is 2.25. The van der Waals surface area contributed by atoms with Crippen molar-refractivity contribution in [2.24, 2.45) is 0 Å². The van der Waals surface area contributed by atoms with Crippen LogP contribution in [-0.4, -0.2) is 51.1 Å². The number of hydrogen-bond donors (Lipinski definition) is 1. The number of ether oxygens (including phenoxy) is 1. The van der Waals surface area contributed by atoms with E-state index in [-0.39, 0.29) is 11.9 Å². The molecule has 0 spiro atoms. The number of hydrogen-bond acceptors (Lipinski definition) is 4. The van der Waals surface area contributed by atoms with E-state index in [4.69, 9.17) is 4.74 Å². The number of nitrogens with zero attached hydrogens (tertiary/aromatic N) is 2. The molecular formula is C26H35N3O2. The van der Waals surface area contributed by atoms with E-state index < -0.39 is 0 Å². The first-order valence-electron chi connectivity index (χ1n) is 11.6. The van der Waals surface area contributed by atoms with Crippen LogP contribution >= 0.6 is 0 Å². The second-order valence-corrected chi connectivity index (χ2v) is 8.82. The van der Waals surface area contributed by atoms with Crippen molar-refractivity contribution < 1.29 is 9.53 Å². The van der Waals surface area contributed by atoms with E-state index >= 15 is 0 Å². The van der Waals surface area contributed by atoms with Gasteiger partial charge in [0.2, 0.25) is 5.91 Å². The van der Waals surface area contributed by atoms with Gasteiger partial charge in [-0.25, -0.2) is 0 Å². The molecule has 2 aromatic carbocycles. The fraction of sp³-hybridized carbons (Fsp3) is 0.500. The van der Waals surface area contributed by atoms with Crippen LogP contribution in [0.1, 0.15) is 48.4 Å². The summed E-state index contributed by atoms with van der Waals surface area (Å²) in [6.45, 7) is 4.00. The van der Waals surface area contributed by atoms with Crippen molar-refractivity contribution in [3.05, 3.63) is 59.2 Å². The number of carbonyl (C=O) groups excluding carboxylic acids is 1. The number of methoxy groups -OCH3 is 1. The molecule has 5 nitrogen and oxygen atoms in total. The maximum absolute atomic E-state index is 12.6. The molecule has 2 aromatic rings. The van der Waals surface area contributed by atoms with Crippen LogP contribution in [0.2, 0.25) is 0 Å². The molecule has 166 valence electrons. The second kappa shape index (κ2) is 10.2. The minimum Gasteiger partial charge on any atom is -0.497 e. The highest BCUT2D eigenvalue weighted by Crippen LogP contribution is 2.32. The van der Waals surface area contributed by atoms with Crippen LogP contribution in [0.4, 0.5) is 5.69 Å². The van der Waals surface area contributed by atoms with Crippen LogP contribution in [0.5, 0.6) is 5.75 Å². The number of fused-ring (bicyclic) bond motifs is 1. The first kappa shape index (κ1) is 21.7.